The van der Waals surface area contributed by atoms with Crippen LogP contribution in [0.3, 0.4) is 0 Å². The number of likely N-dealkylation sites (tertiary alicyclic amines) is 1. The van der Waals surface area contributed by atoms with Crippen LogP contribution in [-0.4, -0.2) is 49.6 Å². The minimum atomic E-state index is -0.0689. The molecule has 1 fully saturated rings. The van der Waals surface area contributed by atoms with E-state index < -0.39 is 0 Å². The van der Waals surface area contributed by atoms with E-state index in [1.165, 1.54) is 6.33 Å². The van der Waals surface area contributed by atoms with E-state index in [1.807, 2.05) is 0 Å². The van der Waals surface area contributed by atoms with E-state index in [0.717, 1.165) is 0 Å². The number of hydrogen-bond donors (Lipinski definition) is 1. The first-order valence-corrected chi connectivity index (χ1v) is 7.51. The average Bonchev–Trinajstić information content (AvgIpc) is 3.10. The molecule has 0 aromatic carbocycles. The van der Waals surface area contributed by atoms with Gasteiger partial charge in [0.1, 0.15) is 12.7 Å². The Hall–Kier alpha value is -2.77. The molecule has 0 bridgehead atoms. The van der Waals surface area contributed by atoms with Crippen LogP contribution in [0.4, 0.5) is 5.69 Å². The summed E-state index contributed by atoms with van der Waals surface area (Å²) in [5, 5.41) is 6.87. The fourth-order valence-electron chi connectivity index (χ4n) is 2.62. The van der Waals surface area contributed by atoms with E-state index in [1.54, 1.807) is 41.2 Å². The summed E-state index contributed by atoms with van der Waals surface area (Å²) < 4.78 is 1.54. The van der Waals surface area contributed by atoms with Crippen LogP contribution in [0.25, 0.3) is 5.82 Å². The van der Waals surface area contributed by atoms with Gasteiger partial charge in [0.15, 0.2) is 5.82 Å². The topological polar surface area (TPSA) is 93.0 Å². The van der Waals surface area contributed by atoms with Crippen LogP contribution in [-0.2, 0) is 9.59 Å². The van der Waals surface area contributed by atoms with Crippen LogP contribution in [0.15, 0.2) is 31.0 Å². The predicted molar refractivity (Wildman–Crippen MR) is 82.8 cm³/mol. The van der Waals surface area contributed by atoms with Crippen LogP contribution in [0.2, 0.25) is 0 Å². The highest BCUT2D eigenvalue weighted by molar-refractivity contribution is 5.92. The summed E-state index contributed by atoms with van der Waals surface area (Å²) in [6.45, 7) is 2.83. The number of aromatic nitrogens is 4. The first kappa shape index (κ1) is 15.1. The Kier molecular flexibility index (Phi) is 4.31. The Labute approximate surface area is 133 Å². The third-order valence-electron chi connectivity index (χ3n) is 3.98. The zero-order chi connectivity index (χ0) is 16.2. The molecule has 1 aliphatic heterocycles. The van der Waals surface area contributed by atoms with Crippen molar-refractivity contribution in [2.45, 2.75) is 19.8 Å². The minimum absolute atomic E-state index is 0.0245. The van der Waals surface area contributed by atoms with Crippen molar-refractivity contribution >= 4 is 17.5 Å². The lowest BCUT2D eigenvalue weighted by atomic mass is 9.96. The van der Waals surface area contributed by atoms with Crippen LogP contribution in [0.5, 0.6) is 0 Å². The van der Waals surface area contributed by atoms with Gasteiger partial charge in [-0.2, -0.15) is 5.10 Å². The van der Waals surface area contributed by atoms with Crippen LogP contribution in [0, 0.1) is 5.92 Å². The van der Waals surface area contributed by atoms with Crippen molar-refractivity contribution in [3.63, 3.8) is 0 Å². The van der Waals surface area contributed by atoms with Gasteiger partial charge in [-0.3, -0.25) is 9.59 Å². The number of anilines is 1. The molecule has 0 saturated carbocycles. The van der Waals surface area contributed by atoms with Crippen molar-refractivity contribution in [3.05, 3.63) is 31.0 Å². The minimum Gasteiger partial charge on any atom is -0.343 e. The molecule has 2 amide bonds. The molecule has 0 atom stereocenters. The van der Waals surface area contributed by atoms with Gasteiger partial charge < -0.3 is 10.2 Å². The van der Waals surface area contributed by atoms with Crippen molar-refractivity contribution in [1.82, 2.24) is 24.6 Å². The molecule has 8 nitrogen and oxygen atoms in total. The number of nitrogens with zero attached hydrogens (tertiary/aromatic N) is 5. The molecular formula is C15H18N6O2. The normalized spacial score (nSPS) is 15.4. The first-order valence-electron chi connectivity index (χ1n) is 7.51. The maximum absolute atomic E-state index is 12.3. The Balaban J connectivity index is 1.57. The third kappa shape index (κ3) is 3.53. The SMILES string of the molecule is CC(=O)N1CCC(C(=O)Nc2ccc(-n3cncn3)nc2)CC1. The maximum Gasteiger partial charge on any atom is 0.227 e. The Morgan fingerprint density at radius 1 is 1.26 bits per heavy atom. The van der Waals surface area contributed by atoms with Crippen LogP contribution < -0.4 is 5.32 Å². The molecule has 0 radical (unpaired) electrons. The average molecular weight is 314 g/mol. The van der Waals surface area contributed by atoms with E-state index in [0.29, 0.717) is 37.4 Å². The third-order valence-corrected chi connectivity index (χ3v) is 3.98. The molecule has 1 saturated heterocycles. The van der Waals surface area contributed by atoms with E-state index in [4.69, 9.17) is 0 Å². The number of amides is 2. The summed E-state index contributed by atoms with van der Waals surface area (Å²) in [6, 6.07) is 3.55. The Morgan fingerprint density at radius 3 is 2.61 bits per heavy atom. The molecule has 3 rings (SSSR count). The Morgan fingerprint density at radius 2 is 2.04 bits per heavy atom. The van der Waals surface area contributed by atoms with Gasteiger partial charge in [-0.15, -0.1) is 0 Å². The molecule has 0 spiro atoms. The van der Waals surface area contributed by atoms with Crippen molar-refractivity contribution in [2.24, 2.45) is 5.92 Å². The molecule has 2 aromatic heterocycles. The van der Waals surface area contributed by atoms with Crippen molar-refractivity contribution in [3.8, 4) is 5.82 Å². The molecule has 0 aliphatic carbocycles. The lowest BCUT2D eigenvalue weighted by Crippen LogP contribution is -2.40. The molecule has 1 aliphatic rings. The van der Waals surface area contributed by atoms with Crippen molar-refractivity contribution in [2.75, 3.05) is 18.4 Å². The van der Waals surface area contributed by atoms with Gasteiger partial charge in [-0.25, -0.2) is 14.6 Å². The zero-order valence-corrected chi connectivity index (χ0v) is 12.8. The van der Waals surface area contributed by atoms with Gasteiger partial charge in [0.05, 0.1) is 11.9 Å². The number of pyridine rings is 1. The van der Waals surface area contributed by atoms with E-state index in [-0.39, 0.29) is 17.7 Å². The predicted octanol–water partition coefficient (Wildman–Crippen LogP) is 0.859. The second kappa shape index (κ2) is 6.55. The fraction of sp³-hybridized carbons (Fsp3) is 0.400. The summed E-state index contributed by atoms with van der Waals surface area (Å²) in [4.78, 5) is 33.5. The van der Waals surface area contributed by atoms with E-state index >= 15 is 0 Å². The molecule has 1 N–H and O–H groups in total. The number of rotatable bonds is 3. The monoisotopic (exact) mass is 314 g/mol. The number of carbonyl (C=O) groups is 2. The van der Waals surface area contributed by atoms with E-state index in [2.05, 4.69) is 20.4 Å². The quantitative estimate of drug-likeness (QED) is 0.907. The molecule has 8 heteroatoms. The second-order valence-corrected chi connectivity index (χ2v) is 5.51. The van der Waals surface area contributed by atoms with Gasteiger partial charge in [0, 0.05) is 25.9 Å². The smallest absolute Gasteiger partial charge is 0.227 e. The van der Waals surface area contributed by atoms with Gasteiger partial charge in [0.2, 0.25) is 11.8 Å². The number of carbonyl (C=O) groups excluding carboxylic acids is 2. The highest BCUT2D eigenvalue weighted by atomic mass is 16.2. The highest BCUT2D eigenvalue weighted by Crippen LogP contribution is 2.19. The number of nitrogens with one attached hydrogen (secondary N) is 1. The maximum atomic E-state index is 12.3. The van der Waals surface area contributed by atoms with Crippen LogP contribution >= 0.6 is 0 Å². The fourth-order valence-corrected chi connectivity index (χ4v) is 2.62. The highest BCUT2D eigenvalue weighted by Gasteiger charge is 2.26. The summed E-state index contributed by atoms with van der Waals surface area (Å²) in [6.07, 6.45) is 5.97. The largest absolute Gasteiger partial charge is 0.343 e. The lowest BCUT2D eigenvalue weighted by molar-refractivity contribution is -0.132. The van der Waals surface area contributed by atoms with Crippen molar-refractivity contribution < 1.29 is 9.59 Å². The van der Waals surface area contributed by atoms with Gasteiger partial charge in [0.25, 0.3) is 0 Å². The zero-order valence-electron chi connectivity index (χ0n) is 12.8. The van der Waals surface area contributed by atoms with Gasteiger partial charge in [-0.05, 0) is 25.0 Å². The Bertz CT molecular complexity index is 675. The lowest BCUT2D eigenvalue weighted by Gasteiger charge is -2.30. The van der Waals surface area contributed by atoms with Crippen LogP contribution in [0.1, 0.15) is 19.8 Å². The molecule has 3 heterocycles. The molecule has 0 unspecified atom stereocenters. The van der Waals surface area contributed by atoms with E-state index in [9.17, 15) is 9.59 Å². The molecular weight excluding hydrogens is 296 g/mol. The number of hydrogen-bond acceptors (Lipinski definition) is 5. The summed E-state index contributed by atoms with van der Waals surface area (Å²) in [5.41, 5.74) is 0.646. The second-order valence-electron chi connectivity index (χ2n) is 5.51. The molecule has 120 valence electrons. The summed E-state index contributed by atoms with van der Waals surface area (Å²) in [5.74, 6) is 0.608. The summed E-state index contributed by atoms with van der Waals surface area (Å²) >= 11 is 0. The molecule has 23 heavy (non-hydrogen) atoms. The van der Waals surface area contributed by atoms with Gasteiger partial charge >= 0.3 is 0 Å². The van der Waals surface area contributed by atoms with Crippen molar-refractivity contribution in [1.29, 1.82) is 0 Å². The standard InChI is InChI=1S/C15H18N6O2/c1-11(22)20-6-4-12(5-7-20)15(23)19-13-2-3-14(17-8-13)21-10-16-9-18-21/h2-3,8-10,12H,4-7H2,1H3,(H,19,23). The summed E-state index contributed by atoms with van der Waals surface area (Å²) in [7, 11) is 0. The first-order chi connectivity index (χ1) is 11.1. The van der Waals surface area contributed by atoms with Gasteiger partial charge in [-0.1, -0.05) is 0 Å². The molecule has 2 aromatic rings. The number of piperidine rings is 1.